The summed E-state index contributed by atoms with van der Waals surface area (Å²) in [5, 5.41) is 0. The zero-order valence-corrected chi connectivity index (χ0v) is 11.7. The number of carbonyl (C=O) groups is 1. The molecule has 0 aliphatic heterocycles. The van der Waals surface area contributed by atoms with Crippen molar-refractivity contribution in [2.24, 2.45) is 0 Å². The Balaban J connectivity index is 2.48. The highest BCUT2D eigenvalue weighted by Gasteiger charge is 2.01. The van der Waals surface area contributed by atoms with Crippen molar-refractivity contribution in [3.63, 3.8) is 0 Å². The van der Waals surface area contributed by atoms with Gasteiger partial charge in [-0.1, -0.05) is 18.2 Å². The third-order valence-electron chi connectivity index (χ3n) is 2.25. The van der Waals surface area contributed by atoms with E-state index in [9.17, 15) is 9.00 Å². The minimum Gasteiger partial charge on any atom is -0.497 e. The first-order valence-electron chi connectivity index (χ1n) is 5.61. The van der Waals surface area contributed by atoms with Crippen LogP contribution in [-0.2, 0) is 20.3 Å². The zero-order valence-electron chi connectivity index (χ0n) is 10.9. The first kappa shape index (κ1) is 15.2. The summed E-state index contributed by atoms with van der Waals surface area (Å²) in [7, 11) is 1.80. The Kier molecular flexibility index (Phi) is 6.60. The molecule has 5 heteroatoms. The fourth-order valence-electron chi connectivity index (χ4n) is 1.25. The average molecular weight is 280 g/mol. The van der Waals surface area contributed by atoms with Gasteiger partial charge in [0.15, 0.2) is 0 Å². The second kappa shape index (κ2) is 8.26. The molecule has 0 N–H and O–H groups in total. The molecule has 0 heterocycles. The van der Waals surface area contributed by atoms with Gasteiger partial charge in [0.1, 0.15) is 5.75 Å². The van der Waals surface area contributed by atoms with Crippen molar-refractivity contribution in [3.8, 4) is 5.75 Å². The fourth-order valence-corrected chi connectivity index (χ4v) is 2.17. The zero-order chi connectivity index (χ0) is 14.1. The lowest BCUT2D eigenvalue weighted by molar-refractivity contribution is -0.134. The monoisotopic (exact) mass is 280 g/mol. The van der Waals surface area contributed by atoms with Gasteiger partial charge in [-0.2, -0.15) is 0 Å². The van der Waals surface area contributed by atoms with Gasteiger partial charge in [-0.25, -0.2) is 4.79 Å². The van der Waals surface area contributed by atoms with Gasteiger partial charge in [0, 0.05) is 16.7 Å². The number of rotatable bonds is 6. The molecule has 0 amide bonds. The molecule has 0 radical (unpaired) electrons. The molecule has 1 aromatic rings. The summed E-state index contributed by atoms with van der Waals surface area (Å²) in [6.07, 6.45) is 6.25. The number of ether oxygens (including phenoxy) is 2. The standard InChI is InChI=1S/C14H16O4S/c1-17-12-7-9-13(10-8-12)19(16)11-5-3-4-6-14(15)18-2/h3-10H,11H2,1-2H3. The molecule has 1 atom stereocenters. The molecule has 19 heavy (non-hydrogen) atoms. The van der Waals surface area contributed by atoms with E-state index < -0.39 is 16.8 Å². The SMILES string of the molecule is COC(=O)C=CC=CCS(=O)c1ccc(OC)cc1. The van der Waals surface area contributed by atoms with E-state index in [2.05, 4.69) is 4.74 Å². The molecule has 0 spiro atoms. The number of esters is 1. The van der Waals surface area contributed by atoms with Gasteiger partial charge in [0.05, 0.1) is 25.0 Å². The van der Waals surface area contributed by atoms with Crippen LogP contribution in [0.25, 0.3) is 0 Å². The number of allylic oxidation sites excluding steroid dienone is 2. The second-order valence-corrected chi connectivity index (χ2v) is 4.99. The van der Waals surface area contributed by atoms with E-state index in [0.29, 0.717) is 5.75 Å². The van der Waals surface area contributed by atoms with Crippen LogP contribution >= 0.6 is 0 Å². The highest BCUT2D eigenvalue weighted by molar-refractivity contribution is 7.85. The normalized spacial score (nSPS) is 12.7. The molecule has 0 fully saturated rings. The second-order valence-electron chi connectivity index (χ2n) is 3.50. The number of hydrogen-bond acceptors (Lipinski definition) is 4. The molecule has 0 aliphatic carbocycles. The van der Waals surface area contributed by atoms with Gasteiger partial charge >= 0.3 is 5.97 Å². The molecule has 1 rings (SSSR count). The molecule has 1 aromatic carbocycles. The summed E-state index contributed by atoms with van der Waals surface area (Å²) in [4.78, 5) is 11.5. The summed E-state index contributed by atoms with van der Waals surface area (Å²) < 4.78 is 21.4. The van der Waals surface area contributed by atoms with E-state index in [0.717, 1.165) is 10.6 Å². The molecule has 0 aliphatic rings. The third kappa shape index (κ3) is 5.52. The molecule has 0 saturated heterocycles. The Hall–Kier alpha value is -1.88. The van der Waals surface area contributed by atoms with Crippen LogP contribution in [0.1, 0.15) is 0 Å². The predicted molar refractivity (Wildman–Crippen MR) is 74.6 cm³/mol. The Morgan fingerprint density at radius 3 is 2.47 bits per heavy atom. The predicted octanol–water partition coefficient (Wildman–Crippen LogP) is 2.09. The lowest BCUT2D eigenvalue weighted by Crippen LogP contribution is -1.95. The highest BCUT2D eigenvalue weighted by Crippen LogP contribution is 2.14. The maximum atomic E-state index is 11.9. The summed E-state index contributed by atoms with van der Waals surface area (Å²) in [6, 6.07) is 7.09. The van der Waals surface area contributed by atoms with Crippen LogP contribution in [0.4, 0.5) is 0 Å². The van der Waals surface area contributed by atoms with Crippen LogP contribution < -0.4 is 4.74 Å². The summed E-state index contributed by atoms with van der Waals surface area (Å²) in [5.41, 5.74) is 0. The Bertz CT molecular complexity index is 489. The Labute approximate surface area is 115 Å². The summed E-state index contributed by atoms with van der Waals surface area (Å²) >= 11 is 0. The van der Waals surface area contributed by atoms with Gasteiger partial charge in [-0.3, -0.25) is 4.21 Å². The minimum atomic E-state index is -1.10. The van der Waals surface area contributed by atoms with Crippen LogP contribution in [0.3, 0.4) is 0 Å². The minimum absolute atomic E-state index is 0.387. The summed E-state index contributed by atoms with van der Waals surface area (Å²) in [6.45, 7) is 0. The molecular formula is C14H16O4S. The van der Waals surface area contributed by atoms with Crippen LogP contribution in [0, 0.1) is 0 Å². The largest absolute Gasteiger partial charge is 0.497 e. The first-order valence-corrected chi connectivity index (χ1v) is 6.93. The molecular weight excluding hydrogens is 264 g/mol. The van der Waals surface area contributed by atoms with Gasteiger partial charge in [0.2, 0.25) is 0 Å². The molecule has 0 bridgehead atoms. The lowest BCUT2D eigenvalue weighted by atomic mass is 10.3. The van der Waals surface area contributed by atoms with E-state index >= 15 is 0 Å². The Morgan fingerprint density at radius 1 is 1.21 bits per heavy atom. The maximum absolute atomic E-state index is 11.9. The van der Waals surface area contributed by atoms with Crippen LogP contribution in [0.15, 0.2) is 53.5 Å². The fraction of sp³-hybridized carbons (Fsp3) is 0.214. The molecule has 102 valence electrons. The van der Waals surface area contributed by atoms with Gasteiger partial charge in [0.25, 0.3) is 0 Å². The van der Waals surface area contributed by atoms with Crippen LogP contribution in [-0.4, -0.2) is 30.2 Å². The van der Waals surface area contributed by atoms with Crippen molar-refractivity contribution in [1.29, 1.82) is 0 Å². The number of hydrogen-bond donors (Lipinski definition) is 0. The van der Waals surface area contributed by atoms with E-state index in [1.165, 1.54) is 13.2 Å². The van der Waals surface area contributed by atoms with Crippen LogP contribution in [0.2, 0.25) is 0 Å². The smallest absolute Gasteiger partial charge is 0.330 e. The van der Waals surface area contributed by atoms with Crippen molar-refractivity contribution < 1.29 is 18.5 Å². The summed E-state index contributed by atoms with van der Waals surface area (Å²) in [5.74, 6) is 0.705. The quantitative estimate of drug-likeness (QED) is 0.455. The topological polar surface area (TPSA) is 52.6 Å². The number of methoxy groups -OCH3 is 2. The molecule has 0 aromatic heterocycles. The van der Waals surface area contributed by atoms with E-state index in [4.69, 9.17) is 4.74 Å². The Morgan fingerprint density at radius 2 is 1.89 bits per heavy atom. The number of benzene rings is 1. The van der Waals surface area contributed by atoms with Crippen LogP contribution in [0.5, 0.6) is 5.75 Å². The van der Waals surface area contributed by atoms with Crippen molar-refractivity contribution in [1.82, 2.24) is 0 Å². The molecule has 1 unspecified atom stereocenters. The maximum Gasteiger partial charge on any atom is 0.330 e. The number of carbonyl (C=O) groups excluding carboxylic acids is 1. The molecule has 0 saturated carbocycles. The third-order valence-corrected chi connectivity index (χ3v) is 3.54. The van der Waals surface area contributed by atoms with Crippen molar-refractivity contribution in [2.45, 2.75) is 4.90 Å². The average Bonchev–Trinajstić information content (AvgIpc) is 2.46. The highest BCUT2D eigenvalue weighted by atomic mass is 32.2. The van der Waals surface area contributed by atoms with E-state index in [1.54, 1.807) is 49.6 Å². The van der Waals surface area contributed by atoms with E-state index in [-0.39, 0.29) is 0 Å². The van der Waals surface area contributed by atoms with Gasteiger partial charge in [-0.15, -0.1) is 0 Å². The van der Waals surface area contributed by atoms with Crippen molar-refractivity contribution >= 4 is 16.8 Å². The lowest BCUT2D eigenvalue weighted by Gasteiger charge is -2.01. The van der Waals surface area contributed by atoms with Crippen molar-refractivity contribution in [2.75, 3.05) is 20.0 Å². The van der Waals surface area contributed by atoms with Crippen molar-refractivity contribution in [3.05, 3.63) is 48.6 Å². The van der Waals surface area contributed by atoms with Gasteiger partial charge in [-0.05, 0) is 24.3 Å². The van der Waals surface area contributed by atoms with Gasteiger partial charge < -0.3 is 9.47 Å². The van der Waals surface area contributed by atoms with E-state index in [1.807, 2.05) is 0 Å². The molecule has 4 nitrogen and oxygen atoms in total. The first-order chi connectivity index (χ1) is 9.17.